The van der Waals surface area contributed by atoms with Gasteiger partial charge in [0.15, 0.2) is 0 Å². The maximum Gasteiger partial charge on any atom is 0.218 e. The van der Waals surface area contributed by atoms with Gasteiger partial charge in [0.05, 0.1) is 14.2 Å². The van der Waals surface area contributed by atoms with E-state index in [-0.39, 0.29) is 0 Å². The zero-order chi connectivity index (χ0) is 12.8. The van der Waals surface area contributed by atoms with E-state index < -0.39 is 0 Å². The summed E-state index contributed by atoms with van der Waals surface area (Å²) in [7, 11) is 3.16. The molecule has 0 fully saturated rings. The molecule has 0 amide bonds. The van der Waals surface area contributed by atoms with Crippen LogP contribution in [0.15, 0.2) is 30.7 Å². The lowest BCUT2D eigenvalue weighted by Crippen LogP contribution is -2.02. The quantitative estimate of drug-likeness (QED) is 0.862. The van der Waals surface area contributed by atoms with E-state index in [1.165, 1.54) is 6.33 Å². The largest absolute Gasteiger partial charge is 0.481 e. The number of nitrogens with one attached hydrogen (secondary N) is 1. The maximum absolute atomic E-state index is 5.02. The Morgan fingerprint density at radius 1 is 1.06 bits per heavy atom. The molecule has 0 aliphatic rings. The number of nitrogens with zero attached hydrogens (tertiary/aromatic N) is 3. The second-order valence-corrected chi connectivity index (χ2v) is 3.51. The van der Waals surface area contributed by atoms with Crippen LogP contribution in [0.2, 0.25) is 0 Å². The van der Waals surface area contributed by atoms with E-state index in [0.29, 0.717) is 24.1 Å². The number of rotatable bonds is 5. The molecule has 0 spiro atoms. The van der Waals surface area contributed by atoms with Gasteiger partial charge in [-0.15, -0.1) is 0 Å². The number of hydrogen-bond donors (Lipinski definition) is 1. The molecule has 1 N–H and O–H groups in total. The smallest absolute Gasteiger partial charge is 0.218 e. The first kappa shape index (κ1) is 12.1. The fourth-order valence-corrected chi connectivity index (χ4v) is 1.38. The van der Waals surface area contributed by atoms with Gasteiger partial charge in [0.1, 0.15) is 12.1 Å². The lowest BCUT2D eigenvalue weighted by molar-refractivity contribution is 0.397. The highest BCUT2D eigenvalue weighted by molar-refractivity contribution is 5.38. The average Bonchev–Trinajstić information content (AvgIpc) is 2.46. The van der Waals surface area contributed by atoms with Crippen molar-refractivity contribution in [3.05, 3.63) is 36.3 Å². The molecule has 94 valence electrons. The molecule has 2 heterocycles. The summed E-state index contributed by atoms with van der Waals surface area (Å²) < 4.78 is 10.0. The lowest BCUT2D eigenvalue weighted by Gasteiger charge is -2.06. The molecular formula is C12H14N4O2. The van der Waals surface area contributed by atoms with Gasteiger partial charge in [-0.3, -0.25) is 0 Å². The molecule has 0 bridgehead atoms. The SMILES string of the molecule is COc1ccc(CNc2cc(OC)ncn2)cn1. The van der Waals surface area contributed by atoms with Gasteiger partial charge in [-0.2, -0.15) is 0 Å². The highest BCUT2D eigenvalue weighted by Crippen LogP contribution is 2.12. The van der Waals surface area contributed by atoms with Crippen LogP contribution in [0, 0.1) is 0 Å². The van der Waals surface area contributed by atoms with Crippen LogP contribution in [-0.2, 0) is 6.54 Å². The van der Waals surface area contributed by atoms with Crippen LogP contribution >= 0.6 is 0 Å². The van der Waals surface area contributed by atoms with Crippen LogP contribution in [-0.4, -0.2) is 29.2 Å². The van der Waals surface area contributed by atoms with Crippen molar-refractivity contribution in [1.29, 1.82) is 0 Å². The second kappa shape index (κ2) is 5.81. The standard InChI is InChI=1S/C12H14N4O2/c1-17-11-4-3-9(7-14-11)6-13-10-5-12(18-2)16-8-15-10/h3-5,7-8H,6H2,1-2H3,(H,13,15,16). The molecule has 0 unspecified atom stereocenters. The van der Waals surface area contributed by atoms with Crippen molar-refractivity contribution >= 4 is 5.82 Å². The maximum atomic E-state index is 5.02. The van der Waals surface area contributed by atoms with Gasteiger partial charge in [0.25, 0.3) is 0 Å². The predicted molar refractivity (Wildman–Crippen MR) is 66.7 cm³/mol. The first-order valence-electron chi connectivity index (χ1n) is 5.40. The van der Waals surface area contributed by atoms with Crippen LogP contribution in [0.3, 0.4) is 0 Å². The van der Waals surface area contributed by atoms with E-state index in [2.05, 4.69) is 20.3 Å². The van der Waals surface area contributed by atoms with Crippen molar-refractivity contribution in [3.8, 4) is 11.8 Å². The van der Waals surface area contributed by atoms with Crippen LogP contribution in [0.1, 0.15) is 5.56 Å². The van der Waals surface area contributed by atoms with Crippen molar-refractivity contribution in [2.75, 3.05) is 19.5 Å². The monoisotopic (exact) mass is 246 g/mol. The van der Waals surface area contributed by atoms with Gasteiger partial charge in [-0.05, 0) is 5.56 Å². The fraction of sp³-hybridized carbons (Fsp3) is 0.250. The van der Waals surface area contributed by atoms with E-state index >= 15 is 0 Å². The molecule has 0 saturated heterocycles. The fourth-order valence-electron chi connectivity index (χ4n) is 1.38. The van der Waals surface area contributed by atoms with Gasteiger partial charge in [0.2, 0.25) is 11.8 Å². The molecule has 2 rings (SSSR count). The molecule has 6 nitrogen and oxygen atoms in total. The molecule has 2 aromatic rings. The average molecular weight is 246 g/mol. The van der Waals surface area contributed by atoms with Gasteiger partial charge in [0, 0.05) is 24.9 Å². The van der Waals surface area contributed by atoms with E-state index in [9.17, 15) is 0 Å². The zero-order valence-electron chi connectivity index (χ0n) is 10.3. The normalized spacial score (nSPS) is 9.89. The molecule has 0 radical (unpaired) electrons. The third kappa shape index (κ3) is 3.07. The van der Waals surface area contributed by atoms with Crippen molar-refractivity contribution in [3.63, 3.8) is 0 Å². The minimum Gasteiger partial charge on any atom is -0.481 e. The molecule has 0 aliphatic heterocycles. The Kier molecular flexibility index (Phi) is 3.90. The Morgan fingerprint density at radius 3 is 2.56 bits per heavy atom. The zero-order valence-corrected chi connectivity index (χ0v) is 10.3. The molecule has 18 heavy (non-hydrogen) atoms. The van der Waals surface area contributed by atoms with Gasteiger partial charge in [-0.1, -0.05) is 6.07 Å². The molecular weight excluding hydrogens is 232 g/mol. The van der Waals surface area contributed by atoms with Crippen LogP contribution in [0.5, 0.6) is 11.8 Å². The Hall–Kier alpha value is -2.37. The Balaban J connectivity index is 1.97. The summed E-state index contributed by atoms with van der Waals surface area (Å²) in [5, 5.41) is 3.16. The van der Waals surface area contributed by atoms with Gasteiger partial charge >= 0.3 is 0 Å². The summed E-state index contributed by atoms with van der Waals surface area (Å²) in [6, 6.07) is 5.49. The van der Waals surface area contributed by atoms with Crippen LogP contribution in [0.4, 0.5) is 5.82 Å². The third-order valence-electron chi connectivity index (χ3n) is 2.33. The summed E-state index contributed by atoms with van der Waals surface area (Å²) in [5.41, 5.74) is 1.04. The highest BCUT2D eigenvalue weighted by atomic mass is 16.5. The lowest BCUT2D eigenvalue weighted by atomic mass is 10.3. The van der Waals surface area contributed by atoms with E-state index in [1.807, 2.05) is 12.1 Å². The van der Waals surface area contributed by atoms with Crippen molar-refractivity contribution in [1.82, 2.24) is 15.0 Å². The first-order chi connectivity index (χ1) is 8.81. The Labute approximate surface area is 105 Å². The minimum atomic E-state index is 0.528. The summed E-state index contributed by atoms with van der Waals surface area (Å²) in [5.74, 6) is 1.83. The van der Waals surface area contributed by atoms with E-state index in [1.54, 1.807) is 26.5 Å². The first-order valence-corrected chi connectivity index (χ1v) is 5.40. The van der Waals surface area contributed by atoms with Crippen molar-refractivity contribution in [2.45, 2.75) is 6.54 Å². The van der Waals surface area contributed by atoms with Gasteiger partial charge in [-0.25, -0.2) is 15.0 Å². The molecule has 0 atom stereocenters. The minimum absolute atomic E-state index is 0.528. The van der Waals surface area contributed by atoms with E-state index in [0.717, 1.165) is 5.56 Å². The number of pyridine rings is 1. The van der Waals surface area contributed by atoms with E-state index in [4.69, 9.17) is 9.47 Å². The van der Waals surface area contributed by atoms with Crippen LogP contribution < -0.4 is 14.8 Å². The summed E-state index contributed by atoms with van der Waals surface area (Å²) in [4.78, 5) is 12.1. The molecule has 0 aliphatic carbocycles. The number of aromatic nitrogens is 3. The Morgan fingerprint density at radius 2 is 1.89 bits per heavy atom. The molecule has 0 saturated carbocycles. The van der Waals surface area contributed by atoms with Crippen LogP contribution in [0.25, 0.3) is 0 Å². The number of ether oxygens (including phenoxy) is 2. The number of methoxy groups -OCH3 is 2. The second-order valence-electron chi connectivity index (χ2n) is 3.51. The third-order valence-corrected chi connectivity index (χ3v) is 2.33. The van der Waals surface area contributed by atoms with Crippen molar-refractivity contribution in [2.24, 2.45) is 0 Å². The summed E-state index contributed by atoms with van der Waals surface area (Å²) >= 11 is 0. The van der Waals surface area contributed by atoms with Crippen molar-refractivity contribution < 1.29 is 9.47 Å². The number of anilines is 1. The summed E-state index contributed by atoms with van der Waals surface area (Å²) in [6.45, 7) is 0.622. The highest BCUT2D eigenvalue weighted by Gasteiger charge is 1.99. The topological polar surface area (TPSA) is 69.2 Å². The predicted octanol–water partition coefficient (Wildman–Crippen LogP) is 1.50. The molecule has 6 heteroatoms. The van der Waals surface area contributed by atoms with Gasteiger partial charge < -0.3 is 14.8 Å². The number of hydrogen-bond acceptors (Lipinski definition) is 6. The Bertz CT molecular complexity index is 502. The summed E-state index contributed by atoms with van der Waals surface area (Å²) in [6.07, 6.45) is 3.21. The molecule has 0 aromatic carbocycles. The molecule has 2 aromatic heterocycles.